The van der Waals surface area contributed by atoms with Gasteiger partial charge in [0.05, 0.1) is 23.2 Å². The number of benzene rings is 2. The highest BCUT2D eigenvalue weighted by atomic mass is 32.2. The van der Waals surface area contributed by atoms with Gasteiger partial charge < -0.3 is 9.64 Å². The van der Waals surface area contributed by atoms with E-state index in [0.717, 1.165) is 32.2 Å². The minimum atomic E-state index is -0.291. The van der Waals surface area contributed by atoms with Gasteiger partial charge >= 0.3 is 5.97 Å². The summed E-state index contributed by atoms with van der Waals surface area (Å²) in [5.74, 6) is -0.291. The van der Waals surface area contributed by atoms with Crippen LogP contribution < -0.4 is 4.90 Å². The lowest BCUT2D eigenvalue weighted by molar-refractivity contribution is -0.142. The number of allylic oxidation sites excluding steroid dienone is 1. The second-order valence-corrected chi connectivity index (χ2v) is 8.55. The molecule has 5 nitrogen and oxygen atoms in total. The first-order valence-corrected chi connectivity index (χ1v) is 11.2. The minimum Gasteiger partial charge on any atom is -0.466 e. The van der Waals surface area contributed by atoms with Crippen LogP contribution in [0.1, 0.15) is 23.9 Å². The molecule has 2 heterocycles. The molecule has 4 rings (SSSR count). The van der Waals surface area contributed by atoms with Crippen LogP contribution in [0.15, 0.2) is 64.7 Å². The summed E-state index contributed by atoms with van der Waals surface area (Å²) in [6.07, 6.45) is 0.136. The van der Waals surface area contributed by atoms with Gasteiger partial charge in [0.1, 0.15) is 21.7 Å². The van der Waals surface area contributed by atoms with Crippen LogP contribution in [-0.4, -0.2) is 17.6 Å². The van der Waals surface area contributed by atoms with E-state index in [2.05, 4.69) is 11.1 Å². The summed E-state index contributed by atoms with van der Waals surface area (Å²) in [6.45, 7) is 4.15. The third-order valence-electron chi connectivity index (χ3n) is 4.55. The van der Waals surface area contributed by atoms with Crippen LogP contribution in [0.2, 0.25) is 0 Å². The molecule has 0 N–H and O–H groups in total. The molecule has 0 spiro atoms. The lowest BCUT2D eigenvalue weighted by Crippen LogP contribution is -2.20. The predicted molar refractivity (Wildman–Crippen MR) is 123 cm³/mol. The SMILES string of the molecule is CCOC(=O)CC1=CS/C(=C(\C#N)c2nc3ccccc3s2)N1c1ccc(C)cc1. The fourth-order valence-corrected chi connectivity index (χ4v) is 5.21. The summed E-state index contributed by atoms with van der Waals surface area (Å²) in [6, 6.07) is 18.2. The molecule has 150 valence electrons. The van der Waals surface area contributed by atoms with E-state index in [1.807, 2.05) is 65.8 Å². The number of nitrogens with zero attached hydrogens (tertiary/aromatic N) is 3. The molecule has 7 heteroatoms. The fraction of sp³-hybridized carbons (Fsp3) is 0.174. The Kier molecular flexibility index (Phi) is 5.88. The fourth-order valence-electron chi connectivity index (χ4n) is 3.15. The molecular weight excluding hydrogens is 414 g/mol. The molecule has 0 radical (unpaired) electrons. The number of carbonyl (C=O) groups is 1. The molecule has 0 unspecified atom stereocenters. The number of para-hydroxylation sites is 1. The summed E-state index contributed by atoms with van der Waals surface area (Å²) in [5, 5.41) is 13.4. The Balaban J connectivity index is 1.80. The highest BCUT2D eigenvalue weighted by molar-refractivity contribution is 8.06. The maximum Gasteiger partial charge on any atom is 0.311 e. The predicted octanol–water partition coefficient (Wildman–Crippen LogP) is 5.84. The Hall–Kier alpha value is -3.08. The van der Waals surface area contributed by atoms with Gasteiger partial charge in [0.2, 0.25) is 0 Å². The number of thioether (sulfide) groups is 1. The highest BCUT2D eigenvalue weighted by Gasteiger charge is 2.29. The number of rotatable bonds is 5. The van der Waals surface area contributed by atoms with E-state index >= 15 is 0 Å². The number of hydrogen-bond donors (Lipinski definition) is 0. The normalized spacial score (nSPS) is 15.1. The van der Waals surface area contributed by atoms with E-state index in [4.69, 9.17) is 4.74 Å². The number of anilines is 1. The Labute approximate surface area is 183 Å². The molecule has 0 atom stereocenters. The Morgan fingerprint density at radius 1 is 1.20 bits per heavy atom. The molecule has 0 amide bonds. The lowest BCUT2D eigenvalue weighted by atomic mass is 10.2. The zero-order valence-electron chi connectivity index (χ0n) is 16.6. The number of aryl methyl sites for hydroxylation is 1. The van der Waals surface area contributed by atoms with E-state index in [0.29, 0.717) is 17.2 Å². The van der Waals surface area contributed by atoms with Gasteiger partial charge in [-0.3, -0.25) is 4.79 Å². The van der Waals surface area contributed by atoms with E-state index in [9.17, 15) is 10.1 Å². The average Bonchev–Trinajstić information content (AvgIpc) is 3.34. The van der Waals surface area contributed by atoms with Crippen LogP contribution in [-0.2, 0) is 9.53 Å². The Bertz CT molecular complexity index is 1170. The first-order chi connectivity index (χ1) is 14.6. The van der Waals surface area contributed by atoms with Crippen LogP contribution in [0.4, 0.5) is 5.69 Å². The second-order valence-electron chi connectivity index (χ2n) is 6.66. The molecule has 0 saturated carbocycles. The average molecular weight is 434 g/mol. The van der Waals surface area contributed by atoms with Crippen molar-refractivity contribution in [3.8, 4) is 6.07 Å². The van der Waals surface area contributed by atoms with Crippen molar-refractivity contribution in [1.29, 1.82) is 5.26 Å². The smallest absolute Gasteiger partial charge is 0.311 e. The number of esters is 1. The quantitative estimate of drug-likeness (QED) is 0.372. The number of thiazole rings is 1. The van der Waals surface area contributed by atoms with Crippen molar-refractivity contribution in [2.24, 2.45) is 0 Å². The highest BCUT2D eigenvalue weighted by Crippen LogP contribution is 2.44. The summed E-state index contributed by atoms with van der Waals surface area (Å²) in [5.41, 5.74) is 4.18. The minimum absolute atomic E-state index is 0.136. The lowest BCUT2D eigenvalue weighted by Gasteiger charge is -2.24. The molecule has 0 fully saturated rings. The van der Waals surface area contributed by atoms with Crippen molar-refractivity contribution in [3.63, 3.8) is 0 Å². The Morgan fingerprint density at radius 2 is 1.97 bits per heavy atom. The van der Waals surface area contributed by atoms with Gasteiger partial charge in [0.15, 0.2) is 0 Å². The van der Waals surface area contributed by atoms with Gasteiger partial charge in [-0.1, -0.05) is 41.6 Å². The number of nitriles is 1. The van der Waals surface area contributed by atoms with Crippen molar-refractivity contribution in [1.82, 2.24) is 4.98 Å². The van der Waals surface area contributed by atoms with Crippen LogP contribution in [0.3, 0.4) is 0 Å². The molecule has 0 aliphatic carbocycles. The van der Waals surface area contributed by atoms with Gasteiger partial charge in [-0.25, -0.2) is 4.98 Å². The van der Waals surface area contributed by atoms with Crippen molar-refractivity contribution in [2.75, 3.05) is 11.5 Å². The van der Waals surface area contributed by atoms with E-state index in [1.165, 1.54) is 23.1 Å². The summed E-state index contributed by atoms with van der Waals surface area (Å²) >= 11 is 2.93. The largest absolute Gasteiger partial charge is 0.466 e. The van der Waals surface area contributed by atoms with Crippen molar-refractivity contribution < 1.29 is 9.53 Å². The third-order valence-corrected chi connectivity index (χ3v) is 6.61. The molecule has 30 heavy (non-hydrogen) atoms. The first kappa shape index (κ1) is 20.2. The molecule has 2 aromatic carbocycles. The summed E-state index contributed by atoms with van der Waals surface area (Å²) in [7, 11) is 0. The third kappa shape index (κ3) is 3.97. The number of hydrogen-bond acceptors (Lipinski definition) is 7. The van der Waals surface area contributed by atoms with Gasteiger partial charge in [-0.05, 0) is 43.5 Å². The van der Waals surface area contributed by atoms with Gasteiger partial charge in [0, 0.05) is 11.4 Å². The number of carbonyl (C=O) groups excluding carboxylic acids is 1. The maximum atomic E-state index is 12.2. The zero-order valence-corrected chi connectivity index (χ0v) is 18.2. The molecule has 1 aromatic heterocycles. The summed E-state index contributed by atoms with van der Waals surface area (Å²) in [4.78, 5) is 18.8. The standard InChI is InChI=1S/C23H19N3O2S2/c1-3-28-21(27)12-17-14-29-23(26(17)16-10-8-15(2)9-11-16)18(13-24)22-25-19-6-4-5-7-20(19)30-22/h4-11,14H,3,12H2,1-2H3/b23-18+. The van der Waals surface area contributed by atoms with Crippen molar-refractivity contribution >= 4 is 50.5 Å². The molecule has 0 bridgehead atoms. The first-order valence-electron chi connectivity index (χ1n) is 9.49. The van der Waals surface area contributed by atoms with E-state index < -0.39 is 0 Å². The number of ether oxygens (including phenoxy) is 1. The monoisotopic (exact) mass is 433 g/mol. The van der Waals surface area contributed by atoms with Gasteiger partial charge in [-0.15, -0.1) is 11.3 Å². The van der Waals surface area contributed by atoms with Gasteiger partial charge in [0.25, 0.3) is 0 Å². The molecule has 0 saturated heterocycles. The Morgan fingerprint density at radius 3 is 2.67 bits per heavy atom. The van der Waals surface area contributed by atoms with Gasteiger partial charge in [-0.2, -0.15) is 5.26 Å². The van der Waals surface area contributed by atoms with Crippen molar-refractivity contribution in [3.05, 3.63) is 75.2 Å². The van der Waals surface area contributed by atoms with E-state index in [-0.39, 0.29) is 12.4 Å². The number of aromatic nitrogens is 1. The van der Waals surface area contributed by atoms with Crippen LogP contribution in [0, 0.1) is 18.3 Å². The zero-order chi connectivity index (χ0) is 21.1. The summed E-state index contributed by atoms with van der Waals surface area (Å²) < 4.78 is 6.18. The second kappa shape index (κ2) is 8.74. The molecule has 1 aliphatic heterocycles. The van der Waals surface area contributed by atoms with E-state index in [1.54, 1.807) is 6.92 Å². The maximum absolute atomic E-state index is 12.2. The molecular formula is C23H19N3O2S2. The van der Waals surface area contributed by atoms with Crippen LogP contribution >= 0.6 is 23.1 Å². The molecule has 3 aromatic rings. The topological polar surface area (TPSA) is 66.2 Å². The van der Waals surface area contributed by atoms with Crippen LogP contribution in [0.5, 0.6) is 0 Å². The van der Waals surface area contributed by atoms with Crippen LogP contribution in [0.25, 0.3) is 15.8 Å². The number of fused-ring (bicyclic) bond motifs is 1. The van der Waals surface area contributed by atoms with Crippen molar-refractivity contribution in [2.45, 2.75) is 20.3 Å². The molecule has 1 aliphatic rings.